The van der Waals surface area contributed by atoms with Crippen molar-refractivity contribution in [3.63, 3.8) is 0 Å². The number of hydrogen-bond donors (Lipinski definition) is 2. The zero-order valence-electron chi connectivity index (χ0n) is 22.5. The van der Waals surface area contributed by atoms with Crippen molar-refractivity contribution in [2.45, 2.75) is 44.1 Å². The molecule has 0 spiro atoms. The molecule has 1 fully saturated rings. The van der Waals surface area contributed by atoms with E-state index in [4.69, 9.17) is 4.52 Å². The van der Waals surface area contributed by atoms with E-state index in [0.29, 0.717) is 12.8 Å². The van der Waals surface area contributed by atoms with Crippen molar-refractivity contribution in [1.29, 1.82) is 0 Å². The van der Waals surface area contributed by atoms with Gasteiger partial charge in [-0.05, 0) is 60.4 Å². The minimum atomic E-state index is -0.731. The molecule has 0 radical (unpaired) electrons. The van der Waals surface area contributed by atoms with E-state index in [1.165, 1.54) is 11.1 Å². The lowest BCUT2D eigenvalue weighted by molar-refractivity contribution is -0.140. The van der Waals surface area contributed by atoms with Gasteiger partial charge in [-0.1, -0.05) is 114 Å². The molecule has 5 aromatic rings. The molecule has 0 bridgehead atoms. The summed E-state index contributed by atoms with van der Waals surface area (Å²) in [7, 11) is 0. The number of anilines is 1. The average molecular weight is 529 g/mol. The van der Waals surface area contributed by atoms with E-state index in [1.807, 2.05) is 43.3 Å². The Labute approximate surface area is 234 Å². The highest BCUT2D eigenvalue weighted by Crippen LogP contribution is 2.48. The van der Waals surface area contributed by atoms with Gasteiger partial charge in [-0.15, -0.1) is 0 Å². The summed E-state index contributed by atoms with van der Waals surface area (Å²) in [5.74, 6) is -0.0110. The minimum absolute atomic E-state index is 0.0941. The highest BCUT2D eigenvalue weighted by molar-refractivity contribution is 5.85. The first-order valence-corrected chi connectivity index (χ1v) is 13.8. The molecule has 5 nitrogen and oxygen atoms in total. The van der Waals surface area contributed by atoms with Crippen LogP contribution in [0.1, 0.15) is 47.7 Å². The lowest BCUT2D eigenvalue weighted by atomic mass is 9.93. The Kier molecular flexibility index (Phi) is 6.95. The van der Waals surface area contributed by atoms with E-state index in [9.17, 15) is 9.90 Å². The maximum absolute atomic E-state index is 11.7. The summed E-state index contributed by atoms with van der Waals surface area (Å²) in [5, 5.41) is 17.7. The maximum atomic E-state index is 11.7. The first kappa shape index (κ1) is 25.6. The number of rotatable bonds is 10. The van der Waals surface area contributed by atoms with Crippen molar-refractivity contribution < 1.29 is 14.4 Å². The van der Waals surface area contributed by atoms with E-state index in [1.54, 1.807) is 0 Å². The second-order valence-corrected chi connectivity index (χ2v) is 10.6. The Morgan fingerprint density at radius 2 is 1.43 bits per heavy atom. The van der Waals surface area contributed by atoms with Crippen LogP contribution in [-0.2, 0) is 16.6 Å². The van der Waals surface area contributed by atoms with E-state index in [2.05, 4.69) is 83.3 Å². The van der Waals surface area contributed by atoms with Crippen LogP contribution in [0, 0.1) is 6.92 Å². The number of nitrogens with zero attached hydrogens (tertiary/aromatic N) is 1. The molecule has 1 aliphatic rings. The van der Waals surface area contributed by atoms with Gasteiger partial charge in [0.15, 0.2) is 5.76 Å². The van der Waals surface area contributed by atoms with Gasteiger partial charge in [-0.3, -0.25) is 4.79 Å². The van der Waals surface area contributed by atoms with Crippen LogP contribution in [0.3, 0.4) is 0 Å². The molecule has 1 atom stereocenters. The molecule has 4 aromatic carbocycles. The highest BCUT2D eigenvalue weighted by atomic mass is 16.5. The van der Waals surface area contributed by atoms with Crippen molar-refractivity contribution >= 4 is 11.7 Å². The van der Waals surface area contributed by atoms with Crippen molar-refractivity contribution in [1.82, 2.24) is 5.16 Å². The Bertz CT molecular complexity index is 1590. The first-order chi connectivity index (χ1) is 19.5. The lowest BCUT2D eigenvalue weighted by Gasteiger charge is -2.21. The highest BCUT2D eigenvalue weighted by Gasteiger charge is 2.51. The van der Waals surface area contributed by atoms with Crippen LogP contribution in [0.2, 0.25) is 0 Å². The van der Waals surface area contributed by atoms with Gasteiger partial charge in [0.1, 0.15) is 11.4 Å². The molecule has 40 heavy (non-hydrogen) atoms. The third kappa shape index (κ3) is 5.15. The molecule has 1 heterocycles. The largest absolute Gasteiger partial charge is 0.481 e. The van der Waals surface area contributed by atoms with Crippen molar-refractivity contribution in [3.05, 3.63) is 132 Å². The number of carboxylic acid groups (broad SMARTS) is 1. The van der Waals surface area contributed by atoms with Gasteiger partial charge in [-0.25, -0.2) is 0 Å². The molecule has 0 amide bonds. The summed E-state index contributed by atoms with van der Waals surface area (Å²) in [6.45, 7) is 1.97. The quantitative estimate of drug-likeness (QED) is 0.191. The predicted octanol–water partition coefficient (Wildman–Crippen LogP) is 8.22. The zero-order chi connectivity index (χ0) is 27.5. The smallest absolute Gasteiger partial charge is 0.314 e. The maximum Gasteiger partial charge on any atom is 0.314 e. The minimum Gasteiger partial charge on any atom is -0.481 e. The molecule has 200 valence electrons. The third-order valence-electron chi connectivity index (χ3n) is 8.03. The Hall–Kier alpha value is -4.64. The van der Waals surface area contributed by atoms with Gasteiger partial charge in [-0.2, -0.15) is 0 Å². The zero-order valence-corrected chi connectivity index (χ0v) is 22.5. The van der Waals surface area contributed by atoms with Crippen molar-refractivity contribution in [2.75, 3.05) is 5.32 Å². The van der Waals surface area contributed by atoms with Crippen LogP contribution in [0.25, 0.3) is 22.5 Å². The van der Waals surface area contributed by atoms with Gasteiger partial charge in [0, 0.05) is 5.56 Å². The SMILES string of the molecule is Cc1noc(-c2ccc(-c3ccc(C4(C(=O)O)CC4)cc3)cc2)c1NC(CCc1ccccc1)c1ccccc1. The molecule has 1 aromatic heterocycles. The number of nitrogens with one attached hydrogen (secondary N) is 1. The van der Waals surface area contributed by atoms with Crippen molar-refractivity contribution in [2.24, 2.45) is 0 Å². The van der Waals surface area contributed by atoms with Gasteiger partial charge in [0.25, 0.3) is 0 Å². The van der Waals surface area contributed by atoms with Gasteiger partial charge in [0.2, 0.25) is 0 Å². The summed E-state index contributed by atoms with van der Waals surface area (Å²) in [5.41, 5.74) is 7.51. The number of aryl methyl sites for hydroxylation is 2. The topological polar surface area (TPSA) is 75.4 Å². The molecule has 5 heteroatoms. The number of carbonyl (C=O) groups is 1. The summed E-state index contributed by atoms with van der Waals surface area (Å²) < 4.78 is 5.84. The number of hydrogen-bond acceptors (Lipinski definition) is 4. The van der Waals surface area contributed by atoms with Crippen LogP contribution in [0.5, 0.6) is 0 Å². The molecule has 1 saturated carbocycles. The standard InChI is InChI=1S/C35H32N2O3/c1-24-32(36-31(28-10-6-3-7-11-28)21-12-25-8-4-2-5-9-25)33(40-37-24)29-15-13-26(14-16-29)27-17-19-30(20-18-27)35(22-23-35)34(38)39/h2-11,13-20,31,36H,12,21-23H2,1H3,(H,38,39). The third-order valence-corrected chi connectivity index (χ3v) is 8.03. The first-order valence-electron chi connectivity index (χ1n) is 13.8. The Morgan fingerprint density at radius 3 is 2.02 bits per heavy atom. The normalized spacial score (nSPS) is 14.4. The van der Waals surface area contributed by atoms with Crippen LogP contribution < -0.4 is 5.32 Å². The summed E-state index contributed by atoms with van der Waals surface area (Å²) >= 11 is 0. The molecule has 6 rings (SSSR count). The molecule has 0 aliphatic heterocycles. The molecule has 1 unspecified atom stereocenters. The second-order valence-electron chi connectivity index (χ2n) is 10.6. The molecule has 0 saturated heterocycles. The summed E-state index contributed by atoms with van der Waals surface area (Å²) in [6, 6.07) is 37.3. The van der Waals surface area contributed by atoms with E-state index in [0.717, 1.165) is 52.2 Å². The lowest BCUT2D eigenvalue weighted by Crippen LogP contribution is -2.19. The fourth-order valence-electron chi connectivity index (χ4n) is 5.42. The monoisotopic (exact) mass is 528 g/mol. The van der Waals surface area contributed by atoms with Crippen LogP contribution >= 0.6 is 0 Å². The van der Waals surface area contributed by atoms with Crippen molar-refractivity contribution in [3.8, 4) is 22.5 Å². The molecular weight excluding hydrogens is 496 g/mol. The average Bonchev–Trinajstić information content (AvgIpc) is 3.75. The second kappa shape index (κ2) is 10.9. The summed E-state index contributed by atoms with van der Waals surface area (Å²) in [6.07, 6.45) is 3.30. The fraction of sp³-hybridized carbons (Fsp3) is 0.200. The van der Waals surface area contributed by atoms with Gasteiger partial charge in [0.05, 0.1) is 11.5 Å². The van der Waals surface area contributed by atoms with Crippen LogP contribution in [-0.4, -0.2) is 16.2 Å². The Balaban J connectivity index is 1.23. The predicted molar refractivity (Wildman–Crippen MR) is 158 cm³/mol. The van der Waals surface area contributed by atoms with E-state index >= 15 is 0 Å². The van der Waals surface area contributed by atoms with Crippen LogP contribution in [0.15, 0.2) is 114 Å². The molecular formula is C35H32N2O3. The number of carboxylic acids is 1. The Morgan fingerprint density at radius 1 is 0.850 bits per heavy atom. The van der Waals surface area contributed by atoms with Crippen LogP contribution in [0.4, 0.5) is 5.69 Å². The van der Waals surface area contributed by atoms with E-state index < -0.39 is 11.4 Å². The molecule has 1 aliphatic carbocycles. The fourth-order valence-corrected chi connectivity index (χ4v) is 5.42. The molecule has 2 N–H and O–H groups in total. The summed E-state index contributed by atoms with van der Waals surface area (Å²) in [4.78, 5) is 11.7. The van der Waals surface area contributed by atoms with E-state index in [-0.39, 0.29) is 6.04 Å². The van der Waals surface area contributed by atoms with Gasteiger partial charge >= 0.3 is 5.97 Å². The number of aliphatic carboxylic acids is 1. The number of benzene rings is 4. The number of aromatic nitrogens is 1. The van der Waals surface area contributed by atoms with Gasteiger partial charge < -0.3 is 14.9 Å².